The van der Waals surface area contributed by atoms with Gasteiger partial charge >= 0.3 is 0 Å². The van der Waals surface area contributed by atoms with Crippen LogP contribution in [0.3, 0.4) is 0 Å². The SMILES string of the molecule is CCCNCC(C(C)C)N1CCN(C)c2ccccc21. The van der Waals surface area contributed by atoms with Crippen LogP contribution in [0.5, 0.6) is 0 Å². The van der Waals surface area contributed by atoms with E-state index in [2.05, 4.69) is 67.2 Å². The zero-order valence-electron chi connectivity index (χ0n) is 13.4. The molecule has 1 N–H and O–H groups in total. The highest BCUT2D eigenvalue weighted by molar-refractivity contribution is 5.73. The minimum Gasteiger partial charge on any atom is -0.371 e. The van der Waals surface area contributed by atoms with E-state index in [9.17, 15) is 0 Å². The quantitative estimate of drug-likeness (QED) is 0.805. The molecule has 1 aromatic carbocycles. The standard InChI is InChI=1S/C17H29N3/c1-5-10-18-13-17(14(2)3)20-12-11-19(4)15-8-6-7-9-16(15)20/h6-9,14,17-18H,5,10-13H2,1-4H3. The van der Waals surface area contributed by atoms with Gasteiger partial charge in [0.1, 0.15) is 0 Å². The van der Waals surface area contributed by atoms with Gasteiger partial charge in [-0.1, -0.05) is 32.9 Å². The normalized spacial score (nSPS) is 16.4. The van der Waals surface area contributed by atoms with Gasteiger partial charge in [-0.25, -0.2) is 0 Å². The van der Waals surface area contributed by atoms with Crippen molar-refractivity contribution in [2.45, 2.75) is 33.2 Å². The first-order chi connectivity index (χ1) is 9.65. The molecule has 1 aromatic rings. The number of para-hydroxylation sites is 2. The molecule has 1 aliphatic rings. The van der Waals surface area contributed by atoms with Crippen LogP contribution >= 0.6 is 0 Å². The van der Waals surface area contributed by atoms with Gasteiger partial charge in [-0.2, -0.15) is 0 Å². The molecule has 2 rings (SSSR count). The van der Waals surface area contributed by atoms with Crippen LogP contribution in [0.25, 0.3) is 0 Å². The lowest BCUT2D eigenvalue weighted by atomic mass is 9.99. The predicted octanol–water partition coefficient (Wildman–Crippen LogP) is 2.97. The lowest BCUT2D eigenvalue weighted by molar-refractivity contribution is 0.423. The lowest BCUT2D eigenvalue weighted by Gasteiger charge is -2.43. The molecule has 1 heterocycles. The van der Waals surface area contributed by atoms with Crippen molar-refractivity contribution in [2.75, 3.05) is 43.0 Å². The summed E-state index contributed by atoms with van der Waals surface area (Å²) in [6.45, 7) is 11.3. The number of likely N-dealkylation sites (N-methyl/N-ethyl adjacent to an activating group) is 1. The molecule has 20 heavy (non-hydrogen) atoms. The van der Waals surface area contributed by atoms with Crippen molar-refractivity contribution in [1.29, 1.82) is 0 Å². The molecule has 3 nitrogen and oxygen atoms in total. The molecule has 0 spiro atoms. The average Bonchev–Trinajstić information content (AvgIpc) is 2.45. The van der Waals surface area contributed by atoms with E-state index in [1.165, 1.54) is 17.8 Å². The van der Waals surface area contributed by atoms with Crippen molar-refractivity contribution in [3.63, 3.8) is 0 Å². The first-order valence-electron chi connectivity index (χ1n) is 7.92. The van der Waals surface area contributed by atoms with Gasteiger partial charge in [0.15, 0.2) is 0 Å². The fourth-order valence-corrected chi connectivity index (χ4v) is 3.01. The minimum atomic E-state index is 0.566. The summed E-state index contributed by atoms with van der Waals surface area (Å²) < 4.78 is 0. The second-order valence-corrected chi connectivity index (χ2v) is 6.12. The van der Waals surface area contributed by atoms with Crippen LogP contribution in [0.1, 0.15) is 27.2 Å². The summed E-state index contributed by atoms with van der Waals surface area (Å²) in [5.41, 5.74) is 2.75. The third kappa shape index (κ3) is 3.26. The third-order valence-electron chi connectivity index (χ3n) is 4.23. The summed E-state index contributed by atoms with van der Waals surface area (Å²) in [6, 6.07) is 9.36. The van der Waals surface area contributed by atoms with Gasteiger partial charge in [0.25, 0.3) is 0 Å². The highest BCUT2D eigenvalue weighted by Gasteiger charge is 2.27. The Balaban J connectivity index is 2.19. The first-order valence-corrected chi connectivity index (χ1v) is 7.92. The van der Waals surface area contributed by atoms with E-state index in [0.717, 1.165) is 26.2 Å². The van der Waals surface area contributed by atoms with Crippen LogP contribution in [0.15, 0.2) is 24.3 Å². The summed E-state index contributed by atoms with van der Waals surface area (Å²) in [4.78, 5) is 4.96. The highest BCUT2D eigenvalue weighted by atomic mass is 15.3. The third-order valence-corrected chi connectivity index (χ3v) is 4.23. The Morgan fingerprint density at radius 1 is 1.15 bits per heavy atom. The number of fused-ring (bicyclic) bond motifs is 1. The van der Waals surface area contributed by atoms with Crippen molar-refractivity contribution in [1.82, 2.24) is 5.32 Å². The molecule has 0 amide bonds. The van der Waals surface area contributed by atoms with Crippen LogP contribution in [0, 0.1) is 5.92 Å². The second-order valence-electron chi connectivity index (χ2n) is 6.12. The van der Waals surface area contributed by atoms with Crippen LogP contribution in [-0.2, 0) is 0 Å². The van der Waals surface area contributed by atoms with E-state index in [4.69, 9.17) is 0 Å². The number of hydrogen-bond donors (Lipinski definition) is 1. The Hall–Kier alpha value is -1.22. The number of nitrogens with zero attached hydrogens (tertiary/aromatic N) is 2. The van der Waals surface area contributed by atoms with Crippen molar-refractivity contribution < 1.29 is 0 Å². The van der Waals surface area contributed by atoms with Gasteiger partial charge in [-0.05, 0) is 31.0 Å². The molecular formula is C17H29N3. The molecule has 1 atom stereocenters. The maximum Gasteiger partial charge on any atom is 0.0607 e. The van der Waals surface area contributed by atoms with Crippen LogP contribution in [0.4, 0.5) is 11.4 Å². The predicted molar refractivity (Wildman–Crippen MR) is 88.8 cm³/mol. The molecular weight excluding hydrogens is 246 g/mol. The van der Waals surface area contributed by atoms with E-state index >= 15 is 0 Å². The Bertz CT molecular complexity index is 416. The molecule has 0 saturated carbocycles. The van der Waals surface area contributed by atoms with Gasteiger partial charge in [0, 0.05) is 32.7 Å². The smallest absolute Gasteiger partial charge is 0.0607 e. The van der Waals surface area contributed by atoms with E-state index in [-0.39, 0.29) is 0 Å². The first kappa shape index (κ1) is 15.2. The average molecular weight is 275 g/mol. The van der Waals surface area contributed by atoms with E-state index in [1.54, 1.807) is 0 Å². The van der Waals surface area contributed by atoms with Gasteiger partial charge < -0.3 is 15.1 Å². The Labute approximate surface area is 124 Å². The van der Waals surface area contributed by atoms with Gasteiger partial charge in [-0.3, -0.25) is 0 Å². The molecule has 0 aromatic heterocycles. The number of benzene rings is 1. The van der Waals surface area contributed by atoms with Gasteiger partial charge in [-0.15, -0.1) is 0 Å². The number of rotatable bonds is 6. The Morgan fingerprint density at radius 3 is 2.50 bits per heavy atom. The summed E-state index contributed by atoms with van der Waals surface area (Å²) in [5.74, 6) is 0.649. The Morgan fingerprint density at radius 2 is 1.85 bits per heavy atom. The van der Waals surface area contributed by atoms with E-state index < -0.39 is 0 Å². The highest BCUT2D eigenvalue weighted by Crippen LogP contribution is 2.34. The largest absolute Gasteiger partial charge is 0.371 e. The fourth-order valence-electron chi connectivity index (χ4n) is 3.01. The van der Waals surface area contributed by atoms with Gasteiger partial charge in [0.2, 0.25) is 0 Å². The fraction of sp³-hybridized carbons (Fsp3) is 0.647. The van der Waals surface area contributed by atoms with Crippen molar-refractivity contribution in [2.24, 2.45) is 5.92 Å². The molecule has 1 unspecified atom stereocenters. The van der Waals surface area contributed by atoms with Crippen molar-refractivity contribution in [3.8, 4) is 0 Å². The summed E-state index contributed by atoms with van der Waals surface area (Å²) in [6.07, 6.45) is 1.20. The zero-order chi connectivity index (χ0) is 14.5. The van der Waals surface area contributed by atoms with Crippen LogP contribution < -0.4 is 15.1 Å². The van der Waals surface area contributed by atoms with Crippen LogP contribution in [-0.4, -0.2) is 39.3 Å². The summed E-state index contributed by atoms with van der Waals surface area (Å²) in [5, 5.41) is 3.60. The number of hydrogen-bond acceptors (Lipinski definition) is 3. The summed E-state index contributed by atoms with van der Waals surface area (Å²) in [7, 11) is 2.19. The minimum absolute atomic E-state index is 0.566. The second kappa shape index (κ2) is 6.98. The van der Waals surface area contributed by atoms with Gasteiger partial charge in [0.05, 0.1) is 11.4 Å². The van der Waals surface area contributed by atoms with Crippen molar-refractivity contribution in [3.05, 3.63) is 24.3 Å². The topological polar surface area (TPSA) is 18.5 Å². The summed E-state index contributed by atoms with van der Waals surface area (Å²) >= 11 is 0. The van der Waals surface area contributed by atoms with E-state index in [0.29, 0.717) is 12.0 Å². The number of nitrogens with one attached hydrogen (secondary N) is 1. The monoisotopic (exact) mass is 275 g/mol. The molecule has 112 valence electrons. The van der Waals surface area contributed by atoms with Crippen molar-refractivity contribution >= 4 is 11.4 Å². The Kier molecular flexibility index (Phi) is 5.30. The molecule has 0 aliphatic carbocycles. The van der Waals surface area contributed by atoms with Crippen LogP contribution in [0.2, 0.25) is 0 Å². The number of anilines is 2. The van der Waals surface area contributed by atoms with E-state index in [1.807, 2.05) is 0 Å². The lowest BCUT2D eigenvalue weighted by Crippen LogP contribution is -2.51. The molecule has 3 heteroatoms. The molecule has 1 aliphatic heterocycles. The maximum atomic E-state index is 3.60. The molecule has 0 radical (unpaired) electrons. The molecule has 0 fully saturated rings. The zero-order valence-corrected chi connectivity index (χ0v) is 13.4. The maximum absolute atomic E-state index is 3.60. The molecule has 0 saturated heterocycles. The molecule has 0 bridgehead atoms.